The molecule has 51 heavy (non-hydrogen) atoms. The van der Waals surface area contributed by atoms with Gasteiger partial charge in [0.2, 0.25) is 0 Å². The molecule has 0 atom stereocenters. The van der Waals surface area contributed by atoms with Crippen LogP contribution in [0.1, 0.15) is 11.1 Å². The fourth-order valence-corrected chi connectivity index (χ4v) is 8.54. The molecule has 2 nitrogen and oxygen atoms in total. The Morgan fingerprint density at radius 2 is 0.667 bits per heavy atom. The summed E-state index contributed by atoms with van der Waals surface area (Å²) in [5.41, 5.74) is 17.8. The van der Waals surface area contributed by atoms with Crippen LogP contribution in [0, 0.1) is 0 Å². The zero-order valence-corrected chi connectivity index (χ0v) is 27.9. The predicted octanol–water partition coefficient (Wildman–Crippen LogP) is 12.8. The van der Waals surface area contributed by atoms with E-state index in [0.717, 1.165) is 6.42 Å². The molecule has 0 unspecified atom stereocenters. The zero-order valence-electron chi connectivity index (χ0n) is 27.9. The van der Waals surface area contributed by atoms with E-state index in [0.29, 0.717) is 0 Å². The van der Waals surface area contributed by atoms with Crippen LogP contribution in [-0.2, 0) is 6.42 Å². The van der Waals surface area contributed by atoms with Crippen molar-refractivity contribution in [2.24, 2.45) is 0 Å². The minimum atomic E-state index is 0.971. The maximum absolute atomic E-state index is 2.42. The Morgan fingerprint density at radius 3 is 1.14 bits per heavy atom. The number of hydrogen-bond donors (Lipinski definition) is 0. The average molecular weight is 649 g/mol. The third-order valence-electron chi connectivity index (χ3n) is 10.9. The highest BCUT2D eigenvalue weighted by atomic mass is 15.0. The zero-order chi connectivity index (χ0) is 33.5. The van der Waals surface area contributed by atoms with Gasteiger partial charge in [-0.05, 0) is 124 Å². The number of benzene rings is 8. The molecule has 238 valence electrons. The van der Waals surface area contributed by atoms with E-state index in [9.17, 15) is 0 Å². The molecular formula is C49H32N2. The third-order valence-corrected chi connectivity index (χ3v) is 10.9. The quantitative estimate of drug-likeness (QED) is 0.180. The van der Waals surface area contributed by atoms with Gasteiger partial charge in [0.15, 0.2) is 0 Å². The van der Waals surface area contributed by atoms with Crippen molar-refractivity contribution in [3.8, 4) is 44.8 Å². The van der Waals surface area contributed by atoms with Crippen molar-refractivity contribution in [3.63, 3.8) is 0 Å². The maximum Gasteiger partial charge on any atom is 0.0541 e. The summed E-state index contributed by atoms with van der Waals surface area (Å²) in [4.78, 5) is 0. The lowest BCUT2D eigenvalue weighted by Gasteiger charge is -2.10. The molecule has 2 heteroatoms. The molecule has 1 aliphatic carbocycles. The molecule has 0 aliphatic heterocycles. The van der Waals surface area contributed by atoms with Crippen LogP contribution >= 0.6 is 0 Å². The van der Waals surface area contributed by atoms with Crippen LogP contribution < -0.4 is 0 Å². The molecule has 10 aromatic rings. The highest BCUT2D eigenvalue weighted by Crippen LogP contribution is 2.43. The molecule has 0 spiro atoms. The monoisotopic (exact) mass is 648 g/mol. The largest absolute Gasteiger partial charge is 0.309 e. The summed E-state index contributed by atoms with van der Waals surface area (Å²) in [6.45, 7) is 0. The SMILES string of the molecule is c1ccc(-n2c3ccccc3c3cc(-c4ccc5c(c4)-c4cc(-c6ccc7c(c6)c6ccccc6n7-c6ccccc6)ccc4C5)ccc32)cc1. The summed E-state index contributed by atoms with van der Waals surface area (Å²) in [7, 11) is 0. The number of fused-ring (bicyclic) bond motifs is 9. The van der Waals surface area contributed by atoms with Crippen LogP contribution in [0.2, 0.25) is 0 Å². The molecule has 0 saturated carbocycles. The first-order chi connectivity index (χ1) is 25.3. The van der Waals surface area contributed by atoms with Crippen molar-refractivity contribution >= 4 is 43.6 Å². The lowest BCUT2D eigenvalue weighted by atomic mass is 9.95. The van der Waals surface area contributed by atoms with Crippen LogP contribution in [0.5, 0.6) is 0 Å². The molecule has 0 saturated heterocycles. The molecule has 2 aromatic heterocycles. The summed E-state index contributed by atoms with van der Waals surface area (Å²) in [5, 5.41) is 5.11. The number of aromatic nitrogens is 2. The van der Waals surface area contributed by atoms with Crippen molar-refractivity contribution < 1.29 is 0 Å². The molecule has 2 heterocycles. The minimum absolute atomic E-state index is 0.971. The van der Waals surface area contributed by atoms with Gasteiger partial charge in [-0.2, -0.15) is 0 Å². The second kappa shape index (κ2) is 10.9. The van der Waals surface area contributed by atoms with Gasteiger partial charge < -0.3 is 9.13 Å². The van der Waals surface area contributed by atoms with E-state index in [1.807, 2.05) is 0 Å². The van der Waals surface area contributed by atoms with E-state index in [2.05, 4.69) is 191 Å². The van der Waals surface area contributed by atoms with E-state index >= 15 is 0 Å². The highest BCUT2D eigenvalue weighted by molar-refractivity contribution is 6.11. The Balaban J connectivity index is 1.01. The van der Waals surface area contributed by atoms with Gasteiger partial charge in [-0.1, -0.05) is 109 Å². The van der Waals surface area contributed by atoms with Gasteiger partial charge in [-0.3, -0.25) is 0 Å². The second-order valence-corrected chi connectivity index (χ2v) is 13.8. The molecule has 8 aromatic carbocycles. The summed E-state index contributed by atoms with van der Waals surface area (Å²) in [5.74, 6) is 0. The Kier molecular flexibility index (Phi) is 6.05. The Hall–Kier alpha value is -6.64. The summed E-state index contributed by atoms with van der Waals surface area (Å²) < 4.78 is 4.76. The Labute approximate surface area is 296 Å². The van der Waals surface area contributed by atoms with Crippen LogP contribution in [0.15, 0.2) is 182 Å². The molecule has 0 radical (unpaired) electrons. The van der Waals surface area contributed by atoms with Gasteiger partial charge in [0.1, 0.15) is 0 Å². The summed E-state index contributed by atoms with van der Waals surface area (Å²) >= 11 is 0. The molecule has 0 N–H and O–H groups in total. The van der Waals surface area contributed by atoms with Crippen molar-refractivity contribution in [3.05, 3.63) is 193 Å². The summed E-state index contributed by atoms with van der Waals surface area (Å²) in [6, 6.07) is 66.9. The van der Waals surface area contributed by atoms with Gasteiger partial charge in [0, 0.05) is 32.9 Å². The first-order valence-electron chi connectivity index (χ1n) is 17.7. The Bertz CT molecular complexity index is 2780. The van der Waals surface area contributed by atoms with Gasteiger partial charge in [-0.25, -0.2) is 0 Å². The molecule has 0 fully saturated rings. The van der Waals surface area contributed by atoms with Crippen LogP contribution in [0.3, 0.4) is 0 Å². The highest BCUT2D eigenvalue weighted by Gasteiger charge is 2.21. The number of para-hydroxylation sites is 4. The van der Waals surface area contributed by atoms with E-state index in [1.165, 1.54) is 99.5 Å². The topological polar surface area (TPSA) is 9.86 Å². The van der Waals surface area contributed by atoms with E-state index in [1.54, 1.807) is 0 Å². The van der Waals surface area contributed by atoms with Gasteiger partial charge in [0.25, 0.3) is 0 Å². The predicted molar refractivity (Wildman–Crippen MR) is 214 cm³/mol. The number of rotatable bonds is 4. The van der Waals surface area contributed by atoms with Crippen molar-refractivity contribution in [1.82, 2.24) is 9.13 Å². The fraction of sp³-hybridized carbons (Fsp3) is 0.0204. The van der Waals surface area contributed by atoms with E-state index < -0.39 is 0 Å². The Morgan fingerprint density at radius 1 is 0.294 bits per heavy atom. The van der Waals surface area contributed by atoms with Crippen LogP contribution in [-0.4, -0.2) is 9.13 Å². The summed E-state index contributed by atoms with van der Waals surface area (Å²) in [6.07, 6.45) is 0.971. The first kappa shape index (κ1) is 28.2. The van der Waals surface area contributed by atoms with Gasteiger partial charge in [0.05, 0.1) is 22.1 Å². The number of hydrogen-bond acceptors (Lipinski definition) is 0. The molecule has 0 bridgehead atoms. The first-order valence-corrected chi connectivity index (χ1v) is 17.7. The van der Waals surface area contributed by atoms with Crippen molar-refractivity contribution in [1.29, 1.82) is 0 Å². The lowest BCUT2D eigenvalue weighted by Crippen LogP contribution is -1.92. The van der Waals surface area contributed by atoms with E-state index in [-0.39, 0.29) is 0 Å². The van der Waals surface area contributed by atoms with Gasteiger partial charge >= 0.3 is 0 Å². The molecule has 1 aliphatic rings. The normalized spacial score (nSPS) is 12.2. The molecule has 0 amide bonds. The standard InChI is InChI=1S/C49H32N2/c1-3-11-38(12-4-1)50-46-17-9-7-15-40(46)44-30-34(23-25-48(44)50)32-19-21-36-27-37-22-20-33(29-43(37)42(36)28-32)35-24-26-49-45(31-35)41-16-8-10-18-47(41)51(49)39-13-5-2-6-14-39/h1-26,28-31H,27H2. The lowest BCUT2D eigenvalue weighted by molar-refractivity contribution is 1.18. The minimum Gasteiger partial charge on any atom is -0.309 e. The molecular weight excluding hydrogens is 617 g/mol. The smallest absolute Gasteiger partial charge is 0.0541 e. The third kappa shape index (κ3) is 4.30. The van der Waals surface area contributed by atoms with Gasteiger partial charge in [-0.15, -0.1) is 0 Å². The van der Waals surface area contributed by atoms with Crippen molar-refractivity contribution in [2.75, 3.05) is 0 Å². The average Bonchev–Trinajstić information content (AvgIpc) is 3.85. The number of nitrogens with zero attached hydrogens (tertiary/aromatic N) is 2. The maximum atomic E-state index is 2.42. The van der Waals surface area contributed by atoms with Crippen LogP contribution in [0.4, 0.5) is 0 Å². The molecule has 11 rings (SSSR count). The second-order valence-electron chi connectivity index (χ2n) is 13.8. The van der Waals surface area contributed by atoms with Crippen molar-refractivity contribution in [2.45, 2.75) is 6.42 Å². The fourth-order valence-electron chi connectivity index (χ4n) is 8.54. The van der Waals surface area contributed by atoms with E-state index in [4.69, 9.17) is 0 Å². The van der Waals surface area contributed by atoms with Crippen LogP contribution in [0.25, 0.3) is 88.4 Å².